The predicted octanol–water partition coefficient (Wildman–Crippen LogP) is 4.06. The molecule has 16 heavy (non-hydrogen) atoms. The molecule has 0 aliphatic heterocycles. The van der Waals surface area contributed by atoms with E-state index in [1.165, 1.54) is 0 Å². The van der Waals surface area contributed by atoms with Crippen LogP contribution >= 0.6 is 45.2 Å². The molecule has 2 nitrogen and oxygen atoms in total. The first-order chi connectivity index (χ1) is 7.66. The maximum atomic E-state index is 11.2. The monoisotopic (exact) mass is 444 g/mol. The van der Waals surface area contributed by atoms with Crippen LogP contribution in [0.5, 0.6) is 0 Å². The van der Waals surface area contributed by atoms with Crippen molar-refractivity contribution in [2.24, 2.45) is 0 Å². The fourth-order valence-corrected chi connectivity index (χ4v) is 2.92. The number of aliphatic carboxylic acids is 1. The summed E-state index contributed by atoms with van der Waals surface area (Å²) in [5, 5.41) is 9.25. The number of unbranched alkanes of at least 4 members (excludes halogenated alkanes) is 1. The van der Waals surface area contributed by atoms with Gasteiger partial charge in [-0.3, -0.25) is 4.79 Å². The second-order valence-corrected chi connectivity index (χ2v) is 5.84. The van der Waals surface area contributed by atoms with Crippen LogP contribution in [0.1, 0.15) is 30.7 Å². The molecule has 1 rings (SSSR count). The van der Waals surface area contributed by atoms with Crippen molar-refractivity contribution in [3.8, 4) is 0 Å². The van der Waals surface area contributed by atoms with Crippen LogP contribution in [0, 0.1) is 3.57 Å². The molecule has 4 heteroatoms. The van der Waals surface area contributed by atoms with E-state index in [1.54, 1.807) is 0 Å². The maximum absolute atomic E-state index is 11.2. The zero-order valence-electron chi connectivity index (χ0n) is 8.83. The summed E-state index contributed by atoms with van der Waals surface area (Å²) in [5.41, 5.74) is 0.948. The lowest BCUT2D eigenvalue weighted by molar-refractivity contribution is -0.139. The molecular weight excluding hydrogens is 430 g/mol. The number of carboxylic acids is 1. The van der Waals surface area contributed by atoms with Gasteiger partial charge in [0.15, 0.2) is 0 Å². The minimum atomic E-state index is -0.711. The van der Waals surface area contributed by atoms with Crippen LogP contribution in [0.3, 0.4) is 0 Å². The first kappa shape index (κ1) is 14.2. The smallest absolute Gasteiger partial charge is 0.311 e. The molecule has 0 saturated carbocycles. The van der Waals surface area contributed by atoms with E-state index in [1.807, 2.05) is 24.3 Å². The highest BCUT2D eigenvalue weighted by Crippen LogP contribution is 2.26. The molecule has 0 aromatic heterocycles. The van der Waals surface area contributed by atoms with Crippen LogP contribution in [-0.4, -0.2) is 15.5 Å². The van der Waals surface area contributed by atoms with Crippen LogP contribution < -0.4 is 0 Å². The SMILES string of the molecule is O=C(O)C(CCCCI)c1ccccc1I. The lowest BCUT2D eigenvalue weighted by Gasteiger charge is -2.13. The summed E-state index contributed by atoms with van der Waals surface area (Å²) < 4.78 is 2.14. The van der Waals surface area contributed by atoms with Gasteiger partial charge in [-0.05, 0) is 51.5 Å². The molecule has 1 aromatic rings. The third kappa shape index (κ3) is 4.20. The van der Waals surface area contributed by atoms with Gasteiger partial charge >= 0.3 is 5.97 Å². The standard InChI is InChI=1S/C12H14I2O2/c13-8-4-3-6-10(12(15)16)9-5-1-2-7-11(9)14/h1-2,5,7,10H,3-4,6,8H2,(H,15,16). The molecule has 1 atom stereocenters. The summed E-state index contributed by atoms with van der Waals surface area (Å²) in [6, 6.07) is 7.73. The van der Waals surface area contributed by atoms with Crippen LogP contribution in [0.25, 0.3) is 0 Å². The van der Waals surface area contributed by atoms with Gasteiger partial charge in [0.05, 0.1) is 5.92 Å². The van der Waals surface area contributed by atoms with Crippen LogP contribution in [0.2, 0.25) is 0 Å². The number of alkyl halides is 1. The Kier molecular flexibility index (Phi) is 6.64. The number of halogens is 2. The first-order valence-electron chi connectivity index (χ1n) is 5.20. The average Bonchev–Trinajstić information content (AvgIpc) is 2.25. The van der Waals surface area contributed by atoms with E-state index in [0.29, 0.717) is 0 Å². The summed E-state index contributed by atoms with van der Waals surface area (Å²) in [6.07, 6.45) is 2.80. The Bertz CT molecular complexity index is 353. The molecule has 0 aliphatic rings. The topological polar surface area (TPSA) is 37.3 Å². The quantitative estimate of drug-likeness (QED) is 0.409. The Labute approximate surface area is 123 Å². The Morgan fingerprint density at radius 3 is 2.56 bits per heavy atom. The average molecular weight is 444 g/mol. The Hall–Kier alpha value is 0.150. The van der Waals surface area contributed by atoms with Crippen LogP contribution in [-0.2, 0) is 4.79 Å². The number of benzene rings is 1. The second kappa shape index (κ2) is 7.47. The molecule has 0 amide bonds. The number of carbonyl (C=O) groups is 1. The summed E-state index contributed by atoms with van der Waals surface area (Å²) in [6.45, 7) is 0. The lowest BCUT2D eigenvalue weighted by atomic mass is 9.94. The zero-order chi connectivity index (χ0) is 12.0. The number of hydrogen-bond acceptors (Lipinski definition) is 1. The fraction of sp³-hybridized carbons (Fsp3) is 0.417. The summed E-state index contributed by atoms with van der Waals surface area (Å²) in [5.74, 6) is -1.06. The van der Waals surface area contributed by atoms with E-state index >= 15 is 0 Å². The molecule has 0 aliphatic carbocycles. The third-order valence-electron chi connectivity index (χ3n) is 2.46. The van der Waals surface area contributed by atoms with Gasteiger partial charge < -0.3 is 5.11 Å². The van der Waals surface area contributed by atoms with Crippen molar-refractivity contribution in [3.63, 3.8) is 0 Å². The van der Waals surface area contributed by atoms with Crippen LogP contribution in [0.15, 0.2) is 24.3 Å². The highest BCUT2D eigenvalue weighted by molar-refractivity contribution is 14.1. The van der Waals surface area contributed by atoms with Gasteiger partial charge in [0, 0.05) is 3.57 Å². The van der Waals surface area contributed by atoms with Crippen molar-refractivity contribution >= 4 is 51.2 Å². The van der Waals surface area contributed by atoms with Crippen molar-refractivity contribution in [1.29, 1.82) is 0 Å². The molecule has 0 bridgehead atoms. The molecule has 88 valence electrons. The van der Waals surface area contributed by atoms with Gasteiger partial charge in [0.25, 0.3) is 0 Å². The van der Waals surface area contributed by atoms with Gasteiger partial charge in [0.1, 0.15) is 0 Å². The molecule has 0 radical (unpaired) electrons. The Morgan fingerprint density at radius 1 is 1.31 bits per heavy atom. The van der Waals surface area contributed by atoms with Gasteiger partial charge in [-0.15, -0.1) is 0 Å². The van der Waals surface area contributed by atoms with E-state index in [0.717, 1.165) is 32.8 Å². The number of hydrogen-bond donors (Lipinski definition) is 1. The summed E-state index contributed by atoms with van der Waals surface area (Å²) >= 11 is 4.53. The minimum absolute atomic E-state index is 0.351. The van der Waals surface area contributed by atoms with Crippen molar-refractivity contribution in [3.05, 3.63) is 33.4 Å². The molecule has 0 saturated heterocycles. The van der Waals surface area contributed by atoms with Crippen molar-refractivity contribution in [2.45, 2.75) is 25.2 Å². The molecule has 1 N–H and O–H groups in total. The minimum Gasteiger partial charge on any atom is -0.481 e. The first-order valence-corrected chi connectivity index (χ1v) is 7.80. The Balaban J connectivity index is 2.78. The summed E-state index contributed by atoms with van der Waals surface area (Å²) in [7, 11) is 0. The van der Waals surface area contributed by atoms with E-state index in [2.05, 4.69) is 45.2 Å². The van der Waals surface area contributed by atoms with Gasteiger partial charge in [-0.2, -0.15) is 0 Å². The normalized spacial score (nSPS) is 12.4. The van der Waals surface area contributed by atoms with Crippen LogP contribution in [0.4, 0.5) is 0 Å². The second-order valence-electron chi connectivity index (χ2n) is 3.60. The molecule has 1 aromatic carbocycles. The fourth-order valence-electron chi connectivity index (χ4n) is 1.61. The van der Waals surface area contributed by atoms with Crippen molar-refractivity contribution < 1.29 is 9.90 Å². The highest BCUT2D eigenvalue weighted by atomic mass is 127. The van der Waals surface area contributed by atoms with Gasteiger partial charge in [-0.25, -0.2) is 0 Å². The predicted molar refractivity (Wildman–Crippen MR) is 82.3 cm³/mol. The van der Waals surface area contributed by atoms with E-state index < -0.39 is 5.97 Å². The molecule has 0 fully saturated rings. The molecular formula is C12H14I2O2. The largest absolute Gasteiger partial charge is 0.481 e. The molecule has 0 heterocycles. The zero-order valence-corrected chi connectivity index (χ0v) is 13.1. The molecule has 0 spiro atoms. The van der Waals surface area contributed by atoms with Crippen molar-refractivity contribution in [2.75, 3.05) is 4.43 Å². The summed E-state index contributed by atoms with van der Waals surface area (Å²) in [4.78, 5) is 11.2. The number of rotatable bonds is 6. The molecule has 1 unspecified atom stereocenters. The maximum Gasteiger partial charge on any atom is 0.311 e. The third-order valence-corrected chi connectivity index (χ3v) is 4.20. The van der Waals surface area contributed by atoms with Crippen molar-refractivity contribution in [1.82, 2.24) is 0 Å². The number of carboxylic acid groups (broad SMARTS) is 1. The Morgan fingerprint density at radius 2 is 2.00 bits per heavy atom. The van der Waals surface area contributed by atoms with Gasteiger partial charge in [0.2, 0.25) is 0 Å². The van der Waals surface area contributed by atoms with Gasteiger partial charge in [-0.1, -0.05) is 47.2 Å². The van der Waals surface area contributed by atoms with E-state index in [4.69, 9.17) is 0 Å². The van der Waals surface area contributed by atoms with E-state index in [-0.39, 0.29) is 5.92 Å². The lowest BCUT2D eigenvalue weighted by Crippen LogP contribution is -2.13. The van der Waals surface area contributed by atoms with E-state index in [9.17, 15) is 9.90 Å². The highest BCUT2D eigenvalue weighted by Gasteiger charge is 2.20.